The number of allylic oxidation sites excluding steroid dienone is 1. The van der Waals surface area contributed by atoms with Gasteiger partial charge in [-0.05, 0) is 31.2 Å². The average Bonchev–Trinajstić information content (AvgIpc) is 2.33. The van der Waals surface area contributed by atoms with Crippen molar-refractivity contribution >= 4 is 11.9 Å². The molecule has 1 N–H and O–H groups in total. The van der Waals surface area contributed by atoms with E-state index in [0.717, 1.165) is 0 Å². The molecule has 0 aliphatic heterocycles. The van der Waals surface area contributed by atoms with E-state index in [1.165, 1.54) is 37.3 Å². The van der Waals surface area contributed by atoms with E-state index in [0.29, 0.717) is 0 Å². The highest BCUT2D eigenvalue weighted by Crippen LogP contribution is 2.20. The second-order valence-corrected chi connectivity index (χ2v) is 2.62. The molecule has 0 amide bonds. The van der Waals surface area contributed by atoms with E-state index in [4.69, 9.17) is 0 Å². The first kappa shape index (κ1) is 17.7. The standard InChI is InChI=1S/C10H9FO2.2C2H6/c1-7(12)5-6-8-9(11)3-2-4-10(8)13;2*1-2/h2-6,13H,1H3;2*1-2H3/b6-5+;;. The van der Waals surface area contributed by atoms with E-state index in [1.807, 2.05) is 27.7 Å². The van der Waals surface area contributed by atoms with Crippen molar-refractivity contribution in [2.24, 2.45) is 0 Å². The molecule has 0 aromatic heterocycles. The van der Waals surface area contributed by atoms with Crippen LogP contribution in [0.2, 0.25) is 0 Å². The van der Waals surface area contributed by atoms with Crippen LogP contribution in [-0.4, -0.2) is 10.9 Å². The van der Waals surface area contributed by atoms with Crippen molar-refractivity contribution in [3.63, 3.8) is 0 Å². The number of carbonyl (C=O) groups excluding carboxylic acids is 1. The Kier molecular flexibility index (Phi) is 11.3. The summed E-state index contributed by atoms with van der Waals surface area (Å²) in [4.78, 5) is 10.5. The number of phenolic OH excluding ortho intramolecular Hbond substituents is 1. The molecule has 0 bridgehead atoms. The van der Waals surface area contributed by atoms with Gasteiger partial charge in [0.1, 0.15) is 11.6 Å². The smallest absolute Gasteiger partial charge is 0.152 e. The summed E-state index contributed by atoms with van der Waals surface area (Å²) in [6.07, 6.45) is 2.46. The van der Waals surface area contributed by atoms with Crippen molar-refractivity contribution in [3.8, 4) is 5.75 Å². The number of phenols is 1. The molecule has 1 aromatic carbocycles. The predicted octanol–water partition coefficient (Wildman–Crippen LogP) is 4.19. The molecule has 0 spiro atoms. The van der Waals surface area contributed by atoms with Crippen molar-refractivity contribution in [2.45, 2.75) is 34.6 Å². The number of ketones is 1. The molecule has 0 unspecified atom stereocenters. The largest absolute Gasteiger partial charge is 0.507 e. The van der Waals surface area contributed by atoms with Gasteiger partial charge in [0.25, 0.3) is 0 Å². The van der Waals surface area contributed by atoms with E-state index in [1.54, 1.807) is 0 Å². The van der Waals surface area contributed by atoms with Gasteiger partial charge in [0.15, 0.2) is 5.78 Å². The van der Waals surface area contributed by atoms with Crippen molar-refractivity contribution in [2.75, 3.05) is 0 Å². The third-order valence-corrected chi connectivity index (χ3v) is 1.51. The molecule has 1 aromatic rings. The fourth-order valence-corrected chi connectivity index (χ4v) is 0.891. The maximum absolute atomic E-state index is 13.0. The van der Waals surface area contributed by atoms with Gasteiger partial charge in [0, 0.05) is 0 Å². The molecule has 0 saturated heterocycles. The van der Waals surface area contributed by atoms with Crippen LogP contribution in [0.5, 0.6) is 5.75 Å². The Morgan fingerprint density at radius 3 is 2.18 bits per heavy atom. The molecule has 0 saturated carbocycles. The zero-order valence-corrected chi connectivity index (χ0v) is 11.1. The van der Waals surface area contributed by atoms with Crippen LogP contribution in [0.15, 0.2) is 24.3 Å². The highest BCUT2D eigenvalue weighted by atomic mass is 19.1. The zero-order valence-electron chi connectivity index (χ0n) is 11.1. The van der Waals surface area contributed by atoms with Gasteiger partial charge in [-0.2, -0.15) is 0 Å². The highest BCUT2D eigenvalue weighted by molar-refractivity contribution is 5.91. The minimum atomic E-state index is -0.544. The van der Waals surface area contributed by atoms with Crippen molar-refractivity contribution in [1.82, 2.24) is 0 Å². The summed E-state index contributed by atoms with van der Waals surface area (Å²) >= 11 is 0. The Hall–Kier alpha value is -1.64. The van der Waals surface area contributed by atoms with E-state index in [-0.39, 0.29) is 17.1 Å². The predicted molar refractivity (Wildman–Crippen MR) is 70.5 cm³/mol. The molecular formula is C14H21FO2. The molecule has 17 heavy (non-hydrogen) atoms. The fourth-order valence-electron chi connectivity index (χ4n) is 0.891. The average molecular weight is 240 g/mol. The third kappa shape index (κ3) is 7.28. The summed E-state index contributed by atoms with van der Waals surface area (Å²) in [5.74, 6) is -0.905. The van der Waals surface area contributed by atoms with Crippen LogP contribution in [0.4, 0.5) is 4.39 Å². The van der Waals surface area contributed by atoms with Crippen molar-refractivity contribution < 1.29 is 14.3 Å². The molecule has 0 atom stereocenters. The van der Waals surface area contributed by atoms with Crippen LogP contribution in [0.25, 0.3) is 6.08 Å². The van der Waals surface area contributed by atoms with E-state index < -0.39 is 5.82 Å². The maximum atomic E-state index is 13.0. The van der Waals surface area contributed by atoms with Gasteiger partial charge >= 0.3 is 0 Å². The van der Waals surface area contributed by atoms with Gasteiger partial charge in [-0.25, -0.2) is 4.39 Å². The molecule has 96 valence electrons. The third-order valence-electron chi connectivity index (χ3n) is 1.51. The van der Waals surface area contributed by atoms with Crippen molar-refractivity contribution in [3.05, 3.63) is 35.7 Å². The minimum absolute atomic E-state index is 0.0395. The van der Waals surface area contributed by atoms with Crippen LogP contribution in [0.3, 0.4) is 0 Å². The van der Waals surface area contributed by atoms with Gasteiger partial charge in [-0.3, -0.25) is 4.79 Å². The zero-order chi connectivity index (χ0) is 13.8. The summed E-state index contributed by atoms with van der Waals surface area (Å²) in [7, 11) is 0. The number of rotatable bonds is 2. The number of benzene rings is 1. The SMILES string of the molecule is CC.CC.CC(=O)/C=C/c1c(O)cccc1F. The van der Waals surface area contributed by atoms with Gasteiger partial charge in [-0.15, -0.1) is 0 Å². The molecule has 0 aliphatic rings. The second-order valence-electron chi connectivity index (χ2n) is 2.62. The Balaban J connectivity index is 0. The molecule has 0 radical (unpaired) electrons. The van der Waals surface area contributed by atoms with Crippen LogP contribution in [0, 0.1) is 5.82 Å². The number of aromatic hydroxyl groups is 1. The van der Waals surface area contributed by atoms with Crippen LogP contribution < -0.4 is 0 Å². The number of hydrogen-bond donors (Lipinski definition) is 1. The summed E-state index contributed by atoms with van der Waals surface area (Å²) < 4.78 is 13.0. The quantitative estimate of drug-likeness (QED) is 0.787. The Morgan fingerprint density at radius 2 is 1.76 bits per heavy atom. The highest BCUT2D eigenvalue weighted by Gasteiger charge is 2.02. The van der Waals surface area contributed by atoms with Crippen LogP contribution >= 0.6 is 0 Å². The number of halogens is 1. The Morgan fingerprint density at radius 1 is 1.24 bits per heavy atom. The molecule has 1 rings (SSSR count). The van der Waals surface area contributed by atoms with E-state index in [2.05, 4.69) is 0 Å². The first-order valence-electron chi connectivity index (χ1n) is 5.77. The van der Waals surface area contributed by atoms with Crippen LogP contribution in [0.1, 0.15) is 40.2 Å². The summed E-state index contributed by atoms with van der Waals surface area (Å²) in [5.41, 5.74) is 0.0395. The van der Waals surface area contributed by atoms with Gasteiger partial charge in [-0.1, -0.05) is 33.8 Å². The normalized spacial score (nSPS) is 8.82. The lowest BCUT2D eigenvalue weighted by Crippen LogP contribution is -1.84. The lowest BCUT2D eigenvalue weighted by atomic mass is 10.1. The minimum Gasteiger partial charge on any atom is -0.507 e. The molecule has 2 nitrogen and oxygen atoms in total. The monoisotopic (exact) mass is 240 g/mol. The first-order valence-corrected chi connectivity index (χ1v) is 5.77. The summed E-state index contributed by atoms with van der Waals surface area (Å²) in [6, 6.07) is 3.98. The molecular weight excluding hydrogens is 219 g/mol. The van der Waals surface area contributed by atoms with E-state index >= 15 is 0 Å². The topological polar surface area (TPSA) is 37.3 Å². The van der Waals surface area contributed by atoms with Gasteiger partial charge < -0.3 is 5.11 Å². The fraction of sp³-hybridized carbons (Fsp3) is 0.357. The molecule has 0 fully saturated rings. The maximum Gasteiger partial charge on any atom is 0.152 e. The summed E-state index contributed by atoms with van der Waals surface area (Å²) in [6.45, 7) is 9.36. The van der Waals surface area contributed by atoms with E-state index in [9.17, 15) is 14.3 Å². The molecule has 0 heterocycles. The lowest BCUT2D eigenvalue weighted by molar-refractivity contribution is -0.112. The lowest BCUT2D eigenvalue weighted by Gasteiger charge is -1.98. The van der Waals surface area contributed by atoms with Crippen LogP contribution in [-0.2, 0) is 4.79 Å². The van der Waals surface area contributed by atoms with Gasteiger partial charge in [0.2, 0.25) is 0 Å². The Labute approximate surface area is 103 Å². The van der Waals surface area contributed by atoms with Gasteiger partial charge in [0.05, 0.1) is 5.56 Å². The molecule has 3 heteroatoms. The second kappa shape index (κ2) is 10.9. The number of carbonyl (C=O) groups is 1. The number of hydrogen-bond acceptors (Lipinski definition) is 2. The molecule has 0 aliphatic carbocycles. The van der Waals surface area contributed by atoms with Crippen molar-refractivity contribution in [1.29, 1.82) is 0 Å². The summed E-state index contributed by atoms with van der Waals surface area (Å²) in [5, 5.41) is 9.20. The first-order chi connectivity index (χ1) is 8.11. The Bertz CT molecular complexity index is 337.